The fraction of sp³-hybridized carbons (Fsp3) is 0.0769. The van der Waals surface area contributed by atoms with Crippen molar-refractivity contribution in [1.82, 2.24) is 0 Å². The van der Waals surface area contributed by atoms with Crippen LogP contribution in [0.4, 0.5) is 20.2 Å². The van der Waals surface area contributed by atoms with Crippen LogP contribution in [0.15, 0.2) is 41.3 Å². The van der Waals surface area contributed by atoms with Gasteiger partial charge in [0.2, 0.25) is 0 Å². The van der Waals surface area contributed by atoms with E-state index in [1.165, 1.54) is 36.0 Å². The van der Waals surface area contributed by atoms with E-state index >= 15 is 0 Å². The molecular formula is C13H10F2N2O2S. The Bertz CT molecular complexity index is 665. The van der Waals surface area contributed by atoms with Crippen molar-refractivity contribution in [2.75, 3.05) is 5.73 Å². The van der Waals surface area contributed by atoms with Crippen molar-refractivity contribution < 1.29 is 13.7 Å². The number of thioether (sulfide) groups is 1. The maximum absolute atomic E-state index is 13.1. The summed E-state index contributed by atoms with van der Waals surface area (Å²) in [5.41, 5.74) is 6.68. The number of nitrogens with zero attached hydrogens (tertiary/aromatic N) is 1. The molecule has 2 rings (SSSR count). The van der Waals surface area contributed by atoms with Gasteiger partial charge < -0.3 is 5.73 Å². The lowest BCUT2D eigenvalue weighted by molar-refractivity contribution is -0.384. The quantitative estimate of drug-likeness (QED) is 0.404. The average Bonchev–Trinajstić information content (AvgIpc) is 2.41. The van der Waals surface area contributed by atoms with Gasteiger partial charge >= 0.3 is 0 Å². The number of nitro benzene ring substituents is 1. The first-order valence-corrected chi connectivity index (χ1v) is 6.56. The van der Waals surface area contributed by atoms with E-state index in [4.69, 9.17) is 5.73 Å². The smallest absolute Gasteiger partial charge is 0.269 e. The summed E-state index contributed by atoms with van der Waals surface area (Å²) >= 11 is 1.22. The number of nitro groups is 1. The highest BCUT2D eigenvalue weighted by atomic mass is 32.2. The molecule has 4 nitrogen and oxygen atoms in total. The first kappa shape index (κ1) is 14.3. The van der Waals surface area contributed by atoms with Crippen LogP contribution in [-0.4, -0.2) is 4.92 Å². The largest absolute Gasteiger partial charge is 0.398 e. The van der Waals surface area contributed by atoms with E-state index in [0.717, 1.165) is 12.1 Å². The molecule has 0 unspecified atom stereocenters. The molecule has 0 amide bonds. The van der Waals surface area contributed by atoms with E-state index in [9.17, 15) is 18.9 Å². The molecule has 2 aromatic rings. The highest BCUT2D eigenvalue weighted by molar-refractivity contribution is 7.98. The van der Waals surface area contributed by atoms with E-state index in [-0.39, 0.29) is 5.69 Å². The first-order chi connectivity index (χ1) is 9.47. The molecule has 0 saturated heterocycles. The molecule has 20 heavy (non-hydrogen) atoms. The minimum atomic E-state index is -0.929. The van der Waals surface area contributed by atoms with Gasteiger partial charge in [0.1, 0.15) is 0 Å². The highest BCUT2D eigenvalue weighted by Crippen LogP contribution is 2.28. The lowest BCUT2D eigenvalue weighted by Gasteiger charge is -2.06. The number of non-ortho nitro benzene ring substituents is 1. The monoisotopic (exact) mass is 296 g/mol. The van der Waals surface area contributed by atoms with Gasteiger partial charge in [0.15, 0.2) is 11.6 Å². The molecule has 0 heterocycles. The SMILES string of the molecule is Nc1ccc([N+](=O)[O-])cc1CSc1ccc(F)c(F)c1. The Kier molecular flexibility index (Phi) is 4.19. The topological polar surface area (TPSA) is 69.2 Å². The standard InChI is InChI=1S/C13H10F2N2O2S/c14-11-3-2-10(6-12(11)15)20-7-8-5-9(17(18)19)1-4-13(8)16/h1-6H,7,16H2. The van der Waals surface area contributed by atoms with Crippen molar-refractivity contribution in [2.24, 2.45) is 0 Å². The molecule has 0 saturated carbocycles. The number of halogens is 2. The van der Waals surface area contributed by atoms with Crippen LogP contribution in [0.5, 0.6) is 0 Å². The predicted molar refractivity (Wildman–Crippen MR) is 73.4 cm³/mol. The van der Waals surface area contributed by atoms with Gasteiger partial charge in [-0.25, -0.2) is 8.78 Å². The van der Waals surface area contributed by atoms with Crippen molar-refractivity contribution >= 4 is 23.1 Å². The molecule has 2 aromatic carbocycles. The molecule has 2 N–H and O–H groups in total. The Morgan fingerprint density at radius 2 is 1.90 bits per heavy atom. The van der Waals surface area contributed by atoms with Crippen molar-refractivity contribution in [1.29, 1.82) is 0 Å². The summed E-state index contributed by atoms with van der Waals surface area (Å²) < 4.78 is 25.8. The van der Waals surface area contributed by atoms with Crippen molar-refractivity contribution in [2.45, 2.75) is 10.6 Å². The first-order valence-electron chi connectivity index (χ1n) is 5.58. The number of anilines is 1. The van der Waals surface area contributed by atoms with E-state index in [1.807, 2.05) is 0 Å². The molecule has 0 fully saturated rings. The summed E-state index contributed by atoms with van der Waals surface area (Å²) in [7, 11) is 0. The molecule has 0 aliphatic rings. The molecule has 104 valence electrons. The second kappa shape index (κ2) is 5.87. The lowest BCUT2D eigenvalue weighted by Crippen LogP contribution is -1.96. The number of rotatable bonds is 4. The maximum atomic E-state index is 13.1. The van der Waals surface area contributed by atoms with Gasteiger partial charge in [-0.15, -0.1) is 11.8 Å². The Hall–Kier alpha value is -2.15. The molecule has 0 aromatic heterocycles. The fourth-order valence-electron chi connectivity index (χ4n) is 1.56. The molecule has 0 aliphatic heterocycles. The summed E-state index contributed by atoms with van der Waals surface area (Å²) in [4.78, 5) is 10.7. The molecule has 0 radical (unpaired) electrons. The third-order valence-electron chi connectivity index (χ3n) is 2.62. The summed E-state index contributed by atoms with van der Waals surface area (Å²) in [6.45, 7) is 0. The second-order valence-corrected chi connectivity index (χ2v) is 5.05. The molecule has 0 atom stereocenters. The van der Waals surface area contributed by atoms with Gasteiger partial charge in [-0.05, 0) is 29.8 Å². The number of nitrogens with two attached hydrogens (primary N) is 1. The van der Waals surface area contributed by atoms with Crippen molar-refractivity contribution in [3.63, 3.8) is 0 Å². The van der Waals surface area contributed by atoms with Gasteiger partial charge in [-0.1, -0.05) is 0 Å². The third-order valence-corrected chi connectivity index (χ3v) is 3.67. The van der Waals surface area contributed by atoms with Gasteiger partial charge in [0, 0.05) is 28.5 Å². The number of hydrogen-bond acceptors (Lipinski definition) is 4. The van der Waals surface area contributed by atoms with Crippen LogP contribution in [0, 0.1) is 21.7 Å². The minimum Gasteiger partial charge on any atom is -0.398 e. The zero-order chi connectivity index (χ0) is 14.7. The van der Waals surface area contributed by atoms with Crippen LogP contribution >= 0.6 is 11.8 Å². The van der Waals surface area contributed by atoms with Gasteiger partial charge in [0.25, 0.3) is 5.69 Å². The fourth-order valence-corrected chi connectivity index (χ4v) is 2.48. The van der Waals surface area contributed by atoms with Gasteiger partial charge in [-0.3, -0.25) is 10.1 Å². The van der Waals surface area contributed by atoms with Crippen LogP contribution in [0.25, 0.3) is 0 Å². The number of nitrogen functional groups attached to an aromatic ring is 1. The van der Waals surface area contributed by atoms with Gasteiger partial charge in [-0.2, -0.15) is 0 Å². The van der Waals surface area contributed by atoms with Crippen LogP contribution in [-0.2, 0) is 5.75 Å². The van der Waals surface area contributed by atoms with Crippen LogP contribution < -0.4 is 5.73 Å². The van der Waals surface area contributed by atoms with Crippen molar-refractivity contribution in [3.05, 3.63) is 63.7 Å². The van der Waals surface area contributed by atoms with E-state index < -0.39 is 16.6 Å². The van der Waals surface area contributed by atoms with Crippen LogP contribution in [0.2, 0.25) is 0 Å². The summed E-state index contributed by atoms with van der Waals surface area (Å²) in [6.07, 6.45) is 0. The zero-order valence-corrected chi connectivity index (χ0v) is 11.0. The molecule has 0 spiro atoms. The second-order valence-electron chi connectivity index (χ2n) is 4.00. The maximum Gasteiger partial charge on any atom is 0.269 e. The Morgan fingerprint density at radius 3 is 2.55 bits per heavy atom. The number of hydrogen-bond donors (Lipinski definition) is 1. The minimum absolute atomic E-state index is 0.0555. The van der Waals surface area contributed by atoms with Gasteiger partial charge in [0.05, 0.1) is 4.92 Å². The highest BCUT2D eigenvalue weighted by Gasteiger charge is 2.10. The lowest BCUT2D eigenvalue weighted by atomic mass is 10.2. The van der Waals surface area contributed by atoms with Crippen molar-refractivity contribution in [3.8, 4) is 0 Å². The Morgan fingerprint density at radius 1 is 1.15 bits per heavy atom. The third kappa shape index (κ3) is 3.24. The predicted octanol–water partition coefficient (Wildman–Crippen LogP) is 3.75. The molecule has 0 bridgehead atoms. The Labute approximate surface area is 117 Å². The van der Waals surface area contributed by atoms with E-state index in [0.29, 0.717) is 21.9 Å². The zero-order valence-electron chi connectivity index (χ0n) is 10.2. The normalized spacial score (nSPS) is 10.5. The summed E-state index contributed by atoms with van der Waals surface area (Å²) in [6, 6.07) is 7.71. The Balaban J connectivity index is 2.15. The van der Waals surface area contributed by atoms with E-state index in [1.54, 1.807) is 0 Å². The summed E-state index contributed by atoms with van der Waals surface area (Å²) in [5, 5.41) is 10.7. The summed E-state index contributed by atoms with van der Waals surface area (Å²) in [5.74, 6) is -1.51. The van der Waals surface area contributed by atoms with Crippen LogP contribution in [0.1, 0.15) is 5.56 Å². The van der Waals surface area contributed by atoms with E-state index in [2.05, 4.69) is 0 Å². The molecule has 0 aliphatic carbocycles. The molecule has 7 heteroatoms. The molecular weight excluding hydrogens is 286 g/mol. The number of benzene rings is 2. The van der Waals surface area contributed by atoms with Crippen LogP contribution in [0.3, 0.4) is 0 Å². The average molecular weight is 296 g/mol.